The third-order valence-corrected chi connectivity index (χ3v) is 7.46. The van der Waals surface area contributed by atoms with Crippen LogP contribution >= 0.6 is 8.38 Å². The van der Waals surface area contributed by atoms with E-state index in [0.29, 0.717) is 0 Å². The molecule has 164 valence electrons. The first kappa shape index (κ1) is 23.2. The number of piperidine rings is 2. The molecular weight excluding hydrogens is 379 g/mol. The van der Waals surface area contributed by atoms with Gasteiger partial charge in [0.15, 0.2) is 0 Å². The zero-order valence-electron chi connectivity index (χ0n) is 19.6. The van der Waals surface area contributed by atoms with Crippen molar-refractivity contribution in [2.24, 2.45) is 0 Å². The molecule has 0 atom stereocenters. The molecule has 0 aromatic heterocycles. The second kappa shape index (κ2) is 8.20. The lowest BCUT2D eigenvalue weighted by Crippen LogP contribution is -2.60. The van der Waals surface area contributed by atoms with Gasteiger partial charge in [-0.25, -0.2) is 0 Å². The fourth-order valence-electron chi connectivity index (χ4n) is 5.57. The maximum atomic E-state index is 6.77. The van der Waals surface area contributed by atoms with Gasteiger partial charge in [-0.2, -0.15) is 0 Å². The van der Waals surface area contributed by atoms with E-state index >= 15 is 0 Å². The third-order valence-electron chi connectivity index (χ3n) is 5.76. The Morgan fingerprint density at radius 1 is 0.655 bits per heavy atom. The van der Waals surface area contributed by atoms with Gasteiger partial charge in [0.1, 0.15) is 0 Å². The van der Waals surface area contributed by atoms with E-state index in [1.54, 1.807) is 0 Å². The lowest BCUT2D eigenvalue weighted by Gasteiger charge is -2.48. The van der Waals surface area contributed by atoms with Crippen molar-refractivity contribution in [2.75, 3.05) is 0 Å². The first-order valence-corrected chi connectivity index (χ1v) is 12.2. The van der Waals surface area contributed by atoms with Gasteiger partial charge in [0, 0.05) is 27.5 Å². The first-order chi connectivity index (χ1) is 13.2. The highest BCUT2D eigenvalue weighted by atomic mass is 31.2. The fraction of sp³-hybridized carbons (Fsp3) is 0.750. The molecule has 0 radical (unpaired) electrons. The van der Waals surface area contributed by atoms with E-state index in [1.807, 2.05) is 0 Å². The Bertz CT molecular complexity index is 615. The lowest BCUT2D eigenvalue weighted by molar-refractivity contribution is 0.0278. The summed E-state index contributed by atoms with van der Waals surface area (Å²) in [5.41, 5.74) is 0.234. The van der Waals surface area contributed by atoms with Crippen molar-refractivity contribution in [1.82, 2.24) is 10.6 Å². The highest BCUT2D eigenvalue weighted by Crippen LogP contribution is 2.47. The van der Waals surface area contributed by atoms with E-state index in [2.05, 4.69) is 96.4 Å². The number of rotatable bonds is 5. The van der Waals surface area contributed by atoms with Crippen LogP contribution in [0.5, 0.6) is 0 Å². The molecule has 1 aromatic rings. The minimum absolute atomic E-state index is 0.0584. The van der Waals surface area contributed by atoms with E-state index in [0.717, 1.165) is 25.7 Å². The van der Waals surface area contributed by atoms with E-state index in [9.17, 15) is 0 Å². The Balaban J connectivity index is 1.79. The molecule has 0 bridgehead atoms. The Hall–Kier alpha value is -0.510. The summed E-state index contributed by atoms with van der Waals surface area (Å²) in [5, 5.41) is 8.68. The molecule has 2 aliphatic heterocycles. The smallest absolute Gasteiger partial charge is 0.205 e. The van der Waals surface area contributed by atoms with Crippen LogP contribution < -0.4 is 15.9 Å². The van der Waals surface area contributed by atoms with Crippen molar-refractivity contribution in [3.63, 3.8) is 0 Å². The summed E-state index contributed by atoms with van der Waals surface area (Å²) in [6.07, 6.45) is 4.36. The molecule has 2 saturated heterocycles. The molecule has 2 N–H and O–H groups in total. The quantitative estimate of drug-likeness (QED) is 0.637. The molecule has 0 aliphatic carbocycles. The average molecular weight is 421 g/mol. The topological polar surface area (TPSA) is 42.5 Å². The molecule has 0 amide bonds. The molecule has 2 fully saturated rings. The summed E-state index contributed by atoms with van der Waals surface area (Å²) in [7, 11) is -1.12. The Kier molecular flexibility index (Phi) is 6.55. The van der Waals surface area contributed by atoms with Crippen LogP contribution in [0.15, 0.2) is 30.3 Å². The molecule has 3 rings (SSSR count). The van der Waals surface area contributed by atoms with E-state index in [-0.39, 0.29) is 34.4 Å². The normalized spacial score (nSPS) is 26.5. The Morgan fingerprint density at radius 2 is 1.00 bits per heavy atom. The molecule has 29 heavy (non-hydrogen) atoms. The predicted octanol–water partition coefficient (Wildman–Crippen LogP) is 5.28. The molecule has 0 saturated carbocycles. The van der Waals surface area contributed by atoms with Gasteiger partial charge in [-0.05, 0) is 93.2 Å². The average Bonchev–Trinajstić information content (AvgIpc) is 2.49. The van der Waals surface area contributed by atoms with Crippen molar-refractivity contribution in [3.05, 3.63) is 30.3 Å². The highest BCUT2D eigenvalue weighted by Gasteiger charge is 2.42. The van der Waals surface area contributed by atoms with Gasteiger partial charge in [0.2, 0.25) is 8.38 Å². The van der Waals surface area contributed by atoms with E-state index in [4.69, 9.17) is 9.05 Å². The molecule has 2 aliphatic rings. The van der Waals surface area contributed by atoms with Crippen LogP contribution in [-0.4, -0.2) is 34.4 Å². The summed E-state index contributed by atoms with van der Waals surface area (Å²) in [6.45, 7) is 18.2. The Morgan fingerprint density at radius 3 is 1.34 bits per heavy atom. The number of benzene rings is 1. The van der Waals surface area contributed by atoms with Gasteiger partial charge in [-0.15, -0.1) is 0 Å². The summed E-state index contributed by atoms with van der Waals surface area (Å²) in [4.78, 5) is 0. The molecular formula is C24H41N2O2P. The van der Waals surface area contributed by atoms with Crippen LogP contribution in [0.25, 0.3) is 0 Å². The summed E-state index contributed by atoms with van der Waals surface area (Å²) in [5.74, 6) is 0. The fourth-order valence-corrected chi connectivity index (χ4v) is 7.12. The van der Waals surface area contributed by atoms with Gasteiger partial charge in [-0.3, -0.25) is 0 Å². The number of hydrogen-bond donors (Lipinski definition) is 2. The second-order valence-corrected chi connectivity index (χ2v) is 13.1. The van der Waals surface area contributed by atoms with Crippen LogP contribution in [0, 0.1) is 0 Å². The largest absolute Gasteiger partial charge is 0.327 e. The molecule has 4 nitrogen and oxygen atoms in total. The van der Waals surface area contributed by atoms with Crippen molar-refractivity contribution in [2.45, 2.75) is 115 Å². The van der Waals surface area contributed by atoms with Gasteiger partial charge < -0.3 is 19.7 Å². The minimum Gasteiger partial charge on any atom is -0.327 e. The monoisotopic (exact) mass is 420 g/mol. The SMILES string of the molecule is CC1(C)CC(OP(OC2CC(C)(C)NC(C)(C)C2)c2ccccc2)CC(C)(C)N1. The minimum atomic E-state index is -1.12. The summed E-state index contributed by atoms with van der Waals surface area (Å²) >= 11 is 0. The molecule has 2 heterocycles. The zero-order valence-corrected chi connectivity index (χ0v) is 20.5. The van der Waals surface area contributed by atoms with E-state index in [1.165, 1.54) is 5.30 Å². The molecule has 0 spiro atoms. The van der Waals surface area contributed by atoms with Crippen LogP contribution in [0.1, 0.15) is 81.1 Å². The standard InChI is InChI=1S/C24H41N2O2P/c1-21(2)14-18(15-22(3,4)25-21)27-29(20-12-10-9-11-13-20)28-19-16-23(5,6)26-24(7,8)17-19/h9-13,18-19,25-26H,14-17H2,1-8H3. The van der Waals surface area contributed by atoms with Crippen molar-refractivity contribution < 1.29 is 9.05 Å². The molecule has 1 aromatic carbocycles. The molecule has 0 unspecified atom stereocenters. The summed E-state index contributed by atoms with van der Waals surface area (Å²) < 4.78 is 13.5. The maximum Gasteiger partial charge on any atom is 0.205 e. The van der Waals surface area contributed by atoms with Gasteiger partial charge in [0.25, 0.3) is 0 Å². The van der Waals surface area contributed by atoms with Crippen molar-refractivity contribution in [1.29, 1.82) is 0 Å². The number of nitrogens with one attached hydrogen (secondary N) is 2. The maximum absolute atomic E-state index is 6.77. The molecule has 5 heteroatoms. The van der Waals surface area contributed by atoms with Crippen molar-refractivity contribution >= 4 is 13.7 Å². The Labute approximate surface area is 179 Å². The third kappa shape index (κ3) is 6.74. The van der Waals surface area contributed by atoms with Crippen LogP contribution in [-0.2, 0) is 9.05 Å². The van der Waals surface area contributed by atoms with Gasteiger partial charge in [0.05, 0.1) is 12.2 Å². The number of hydrogen-bond acceptors (Lipinski definition) is 4. The van der Waals surface area contributed by atoms with Crippen molar-refractivity contribution in [3.8, 4) is 0 Å². The van der Waals surface area contributed by atoms with Crippen LogP contribution in [0.2, 0.25) is 0 Å². The van der Waals surface area contributed by atoms with Crippen LogP contribution in [0.4, 0.5) is 0 Å². The van der Waals surface area contributed by atoms with E-state index < -0.39 is 8.38 Å². The first-order valence-electron chi connectivity index (χ1n) is 11.0. The predicted molar refractivity (Wildman–Crippen MR) is 124 cm³/mol. The van der Waals surface area contributed by atoms with Gasteiger partial charge >= 0.3 is 0 Å². The zero-order chi connectivity index (χ0) is 21.5. The second-order valence-electron chi connectivity index (χ2n) is 11.6. The highest BCUT2D eigenvalue weighted by molar-refractivity contribution is 7.56. The lowest BCUT2D eigenvalue weighted by atomic mass is 9.81. The van der Waals surface area contributed by atoms with Gasteiger partial charge in [-0.1, -0.05) is 18.2 Å². The summed E-state index contributed by atoms with van der Waals surface area (Å²) in [6, 6.07) is 10.5. The van der Waals surface area contributed by atoms with Crippen LogP contribution in [0.3, 0.4) is 0 Å².